The maximum atomic E-state index is 14.0. The third-order valence-corrected chi connectivity index (χ3v) is 5.69. The number of carbonyl (C=O) groups excluding carboxylic acids is 1. The molecule has 9 heteroatoms. The highest BCUT2D eigenvalue weighted by molar-refractivity contribution is 7.90. The zero-order chi connectivity index (χ0) is 21.2. The van der Waals surface area contributed by atoms with Gasteiger partial charge in [-0.3, -0.25) is 13.9 Å². The SMILES string of the molecule is CCCn1c(=O)n(CCC(=O)Nc2cc(S(C)(=O)=O)ccc2F)c2ccccc21. The summed E-state index contributed by atoms with van der Waals surface area (Å²) in [4.78, 5) is 25.0. The van der Waals surface area contributed by atoms with Gasteiger partial charge in [0.15, 0.2) is 9.84 Å². The molecule has 1 heterocycles. The number of anilines is 1. The lowest BCUT2D eigenvalue weighted by molar-refractivity contribution is -0.116. The molecule has 0 aliphatic carbocycles. The highest BCUT2D eigenvalue weighted by Gasteiger charge is 2.15. The van der Waals surface area contributed by atoms with Crippen molar-refractivity contribution in [3.8, 4) is 0 Å². The summed E-state index contributed by atoms with van der Waals surface area (Å²) < 4.78 is 40.4. The van der Waals surface area contributed by atoms with Gasteiger partial charge in [-0.1, -0.05) is 19.1 Å². The molecule has 0 spiro atoms. The minimum Gasteiger partial charge on any atom is -0.324 e. The van der Waals surface area contributed by atoms with Gasteiger partial charge in [0.1, 0.15) is 5.82 Å². The molecule has 0 radical (unpaired) electrons. The van der Waals surface area contributed by atoms with E-state index in [1.165, 1.54) is 4.57 Å². The van der Waals surface area contributed by atoms with Crippen molar-refractivity contribution in [1.29, 1.82) is 0 Å². The molecule has 154 valence electrons. The van der Waals surface area contributed by atoms with E-state index in [-0.39, 0.29) is 29.2 Å². The van der Waals surface area contributed by atoms with Crippen LogP contribution in [-0.2, 0) is 27.7 Å². The molecule has 29 heavy (non-hydrogen) atoms. The zero-order valence-electron chi connectivity index (χ0n) is 16.2. The van der Waals surface area contributed by atoms with Crippen molar-refractivity contribution >= 4 is 32.5 Å². The third-order valence-electron chi connectivity index (χ3n) is 4.57. The molecule has 0 atom stereocenters. The average molecular weight is 419 g/mol. The van der Waals surface area contributed by atoms with Crippen LogP contribution in [0.5, 0.6) is 0 Å². The minimum absolute atomic E-state index is 0.0669. The van der Waals surface area contributed by atoms with Crippen LogP contribution in [0.1, 0.15) is 19.8 Å². The van der Waals surface area contributed by atoms with Crippen LogP contribution in [-0.4, -0.2) is 29.7 Å². The van der Waals surface area contributed by atoms with Gasteiger partial charge in [-0.15, -0.1) is 0 Å². The first-order valence-electron chi connectivity index (χ1n) is 9.20. The number of hydrogen-bond donors (Lipinski definition) is 1. The Labute approximate surface area is 167 Å². The predicted molar refractivity (Wildman–Crippen MR) is 109 cm³/mol. The number of aryl methyl sites for hydroxylation is 2. The summed E-state index contributed by atoms with van der Waals surface area (Å²) in [6, 6.07) is 10.6. The van der Waals surface area contributed by atoms with E-state index in [1.54, 1.807) is 4.57 Å². The number of halogens is 1. The smallest absolute Gasteiger partial charge is 0.324 e. The number of rotatable bonds is 7. The monoisotopic (exact) mass is 419 g/mol. The summed E-state index contributed by atoms with van der Waals surface area (Å²) in [7, 11) is -3.53. The summed E-state index contributed by atoms with van der Waals surface area (Å²) in [6.45, 7) is 2.67. The largest absolute Gasteiger partial charge is 0.329 e. The number of nitrogens with one attached hydrogen (secondary N) is 1. The third kappa shape index (κ3) is 4.40. The van der Waals surface area contributed by atoms with Crippen molar-refractivity contribution in [2.45, 2.75) is 37.8 Å². The summed E-state index contributed by atoms with van der Waals surface area (Å²) in [5, 5.41) is 2.39. The van der Waals surface area contributed by atoms with Crippen molar-refractivity contribution in [2.75, 3.05) is 11.6 Å². The quantitative estimate of drug-likeness (QED) is 0.597. The van der Waals surface area contributed by atoms with E-state index in [0.717, 1.165) is 41.9 Å². The molecule has 0 saturated heterocycles. The van der Waals surface area contributed by atoms with Gasteiger partial charge in [0.25, 0.3) is 0 Å². The van der Waals surface area contributed by atoms with E-state index >= 15 is 0 Å². The topological polar surface area (TPSA) is 90.2 Å². The van der Waals surface area contributed by atoms with E-state index < -0.39 is 21.6 Å². The van der Waals surface area contributed by atoms with Crippen LogP contribution in [0.25, 0.3) is 11.0 Å². The molecule has 0 bridgehead atoms. The normalized spacial score (nSPS) is 11.7. The van der Waals surface area contributed by atoms with E-state index in [9.17, 15) is 22.4 Å². The molecule has 3 aromatic rings. The Morgan fingerprint density at radius 2 is 1.69 bits per heavy atom. The Bertz CT molecular complexity index is 1230. The lowest BCUT2D eigenvalue weighted by Crippen LogP contribution is -2.26. The van der Waals surface area contributed by atoms with Gasteiger partial charge in [0, 0.05) is 25.8 Å². The Morgan fingerprint density at radius 3 is 2.28 bits per heavy atom. The molecule has 1 amide bonds. The Morgan fingerprint density at radius 1 is 1.07 bits per heavy atom. The first-order valence-corrected chi connectivity index (χ1v) is 11.1. The number of imidazole rings is 1. The number of hydrogen-bond acceptors (Lipinski definition) is 4. The van der Waals surface area contributed by atoms with Crippen LogP contribution in [0.4, 0.5) is 10.1 Å². The maximum Gasteiger partial charge on any atom is 0.329 e. The minimum atomic E-state index is -3.53. The van der Waals surface area contributed by atoms with Gasteiger partial charge in [-0.05, 0) is 36.8 Å². The second-order valence-corrected chi connectivity index (χ2v) is 8.80. The molecular weight excluding hydrogens is 397 g/mol. The molecule has 1 aromatic heterocycles. The van der Waals surface area contributed by atoms with Crippen LogP contribution in [0.2, 0.25) is 0 Å². The molecule has 2 aromatic carbocycles. The fraction of sp³-hybridized carbons (Fsp3) is 0.300. The Kier molecular flexibility index (Phi) is 5.88. The van der Waals surface area contributed by atoms with Gasteiger partial charge in [-0.2, -0.15) is 0 Å². The number of para-hydroxylation sites is 2. The number of fused-ring (bicyclic) bond motifs is 1. The second kappa shape index (κ2) is 8.20. The number of nitrogens with zero attached hydrogens (tertiary/aromatic N) is 2. The molecule has 0 aliphatic rings. The summed E-state index contributed by atoms with van der Waals surface area (Å²) in [5.41, 5.74) is 1.11. The number of carbonyl (C=O) groups is 1. The van der Waals surface area contributed by atoms with E-state index in [1.807, 2.05) is 31.2 Å². The van der Waals surface area contributed by atoms with Crippen molar-refractivity contribution in [3.05, 3.63) is 58.8 Å². The van der Waals surface area contributed by atoms with Crippen molar-refractivity contribution in [3.63, 3.8) is 0 Å². The van der Waals surface area contributed by atoms with Crippen LogP contribution in [0.15, 0.2) is 52.2 Å². The van der Waals surface area contributed by atoms with Crippen LogP contribution in [0.3, 0.4) is 0 Å². The molecule has 3 rings (SSSR count). The van der Waals surface area contributed by atoms with Gasteiger partial charge in [0.05, 0.1) is 21.6 Å². The molecule has 7 nitrogen and oxygen atoms in total. The van der Waals surface area contributed by atoms with Crippen LogP contribution in [0, 0.1) is 5.82 Å². The summed E-state index contributed by atoms with van der Waals surface area (Å²) >= 11 is 0. The van der Waals surface area contributed by atoms with E-state index in [0.29, 0.717) is 6.54 Å². The fourth-order valence-electron chi connectivity index (χ4n) is 3.19. The maximum absolute atomic E-state index is 14.0. The highest BCUT2D eigenvalue weighted by Crippen LogP contribution is 2.20. The average Bonchev–Trinajstić information content (AvgIpc) is 2.93. The lowest BCUT2D eigenvalue weighted by Gasteiger charge is -2.09. The highest BCUT2D eigenvalue weighted by atomic mass is 32.2. The van der Waals surface area contributed by atoms with E-state index in [2.05, 4.69) is 5.32 Å². The molecular formula is C20H22FN3O4S. The fourth-order valence-corrected chi connectivity index (χ4v) is 3.83. The van der Waals surface area contributed by atoms with Crippen molar-refractivity contribution in [1.82, 2.24) is 9.13 Å². The first kappa shape index (κ1) is 20.8. The zero-order valence-corrected chi connectivity index (χ0v) is 17.0. The van der Waals surface area contributed by atoms with Gasteiger partial charge < -0.3 is 5.32 Å². The Balaban J connectivity index is 1.81. The molecule has 0 unspecified atom stereocenters. The van der Waals surface area contributed by atoms with Gasteiger partial charge in [0.2, 0.25) is 5.91 Å². The summed E-state index contributed by atoms with van der Waals surface area (Å²) in [5.74, 6) is -1.25. The molecule has 0 aliphatic heterocycles. The number of amides is 1. The van der Waals surface area contributed by atoms with Gasteiger partial charge >= 0.3 is 5.69 Å². The van der Waals surface area contributed by atoms with Crippen molar-refractivity contribution < 1.29 is 17.6 Å². The first-order chi connectivity index (χ1) is 13.7. The van der Waals surface area contributed by atoms with E-state index in [4.69, 9.17) is 0 Å². The standard InChI is InChI=1S/C20H22FN3O4S/c1-3-11-23-17-6-4-5-7-18(17)24(20(23)26)12-10-19(25)22-16-13-14(29(2,27)28)8-9-15(16)21/h4-9,13H,3,10-12H2,1-2H3,(H,22,25). The van der Waals surface area contributed by atoms with Crippen LogP contribution < -0.4 is 11.0 Å². The molecule has 0 fully saturated rings. The summed E-state index contributed by atoms with van der Waals surface area (Å²) in [6.07, 6.45) is 1.73. The van der Waals surface area contributed by atoms with Gasteiger partial charge in [-0.25, -0.2) is 17.6 Å². The number of aromatic nitrogens is 2. The number of benzene rings is 2. The van der Waals surface area contributed by atoms with Crippen LogP contribution >= 0.6 is 0 Å². The molecule has 1 N–H and O–H groups in total. The lowest BCUT2D eigenvalue weighted by atomic mass is 10.2. The predicted octanol–water partition coefficient (Wildman–Crippen LogP) is 2.78. The Hall–Kier alpha value is -2.94. The molecule has 0 saturated carbocycles. The van der Waals surface area contributed by atoms with Crippen molar-refractivity contribution in [2.24, 2.45) is 0 Å². The number of sulfone groups is 1. The second-order valence-electron chi connectivity index (χ2n) is 6.79.